The number of rotatable bonds is 5. The molecule has 1 N–H and O–H groups in total. The van der Waals surface area contributed by atoms with E-state index < -0.39 is 0 Å². The minimum Gasteiger partial charge on any atom is -0.299 e. The second kappa shape index (κ2) is 6.78. The van der Waals surface area contributed by atoms with Crippen LogP contribution in [0.2, 0.25) is 0 Å². The van der Waals surface area contributed by atoms with E-state index in [1.165, 1.54) is 4.90 Å². The van der Waals surface area contributed by atoms with Crippen LogP contribution < -0.4 is 5.32 Å². The van der Waals surface area contributed by atoms with Gasteiger partial charge in [0.25, 0.3) is 0 Å². The van der Waals surface area contributed by atoms with E-state index in [1.807, 2.05) is 17.8 Å². The van der Waals surface area contributed by atoms with Gasteiger partial charge in [0.15, 0.2) is 0 Å². The molecule has 2 rings (SSSR count). The second-order valence-electron chi connectivity index (χ2n) is 5.06. The van der Waals surface area contributed by atoms with Gasteiger partial charge in [0.05, 0.1) is 6.07 Å². The van der Waals surface area contributed by atoms with Crippen molar-refractivity contribution in [3.8, 4) is 6.07 Å². The zero-order valence-corrected chi connectivity index (χ0v) is 13.6. The SMILES string of the molecule is CCCNC1(C#N)CCC(Sc2cccc(Br)c2)C1. The third-order valence-corrected chi connectivity index (χ3v) is 5.25. The van der Waals surface area contributed by atoms with Crippen LogP contribution in [0.3, 0.4) is 0 Å². The summed E-state index contributed by atoms with van der Waals surface area (Å²) in [5, 5.41) is 13.4. The smallest absolute Gasteiger partial charge is 0.107 e. The summed E-state index contributed by atoms with van der Waals surface area (Å²) in [5.41, 5.74) is -0.292. The average molecular weight is 339 g/mol. The molecular weight excluding hydrogens is 320 g/mol. The van der Waals surface area contributed by atoms with Crippen LogP contribution in [0.5, 0.6) is 0 Å². The molecule has 1 aliphatic rings. The molecule has 0 aromatic heterocycles. The number of benzene rings is 1. The number of halogens is 1. The Morgan fingerprint density at radius 1 is 1.58 bits per heavy atom. The highest BCUT2D eigenvalue weighted by Crippen LogP contribution is 2.40. The quantitative estimate of drug-likeness (QED) is 0.866. The molecule has 19 heavy (non-hydrogen) atoms. The van der Waals surface area contributed by atoms with Crippen molar-refractivity contribution in [1.82, 2.24) is 5.32 Å². The predicted octanol–water partition coefficient (Wildman–Crippen LogP) is 4.36. The lowest BCUT2D eigenvalue weighted by molar-refractivity contribution is 0.424. The van der Waals surface area contributed by atoms with Crippen molar-refractivity contribution in [1.29, 1.82) is 5.26 Å². The van der Waals surface area contributed by atoms with Gasteiger partial charge in [-0.1, -0.05) is 28.9 Å². The van der Waals surface area contributed by atoms with Gasteiger partial charge in [-0.15, -0.1) is 11.8 Å². The molecule has 0 heterocycles. The van der Waals surface area contributed by atoms with E-state index in [0.717, 1.165) is 36.7 Å². The Morgan fingerprint density at radius 2 is 2.42 bits per heavy atom. The van der Waals surface area contributed by atoms with Crippen LogP contribution >= 0.6 is 27.7 Å². The molecule has 102 valence electrons. The van der Waals surface area contributed by atoms with Crippen LogP contribution in [0.25, 0.3) is 0 Å². The fraction of sp³-hybridized carbons (Fsp3) is 0.533. The Labute approximate surface area is 128 Å². The molecule has 1 aliphatic carbocycles. The normalized spacial score (nSPS) is 26.3. The summed E-state index contributed by atoms with van der Waals surface area (Å²) >= 11 is 5.40. The Hall–Kier alpha value is -0.500. The van der Waals surface area contributed by atoms with E-state index in [1.54, 1.807) is 0 Å². The van der Waals surface area contributed by atoms with E-state index in [9.17, 15) is 5.26 Å². The van der Waals surface area contributed by atoms with Crippen molar-refractivity contribution < 1.29 is 0 Å². The molecule has 2 nitrogen and oxygen atoms in total. The molecule has 2 unspecified atom stereocenters. The molecule has 1 aromatic carbocycles. The number of hydrogen-bond acceptors (Lipinski definition) is 3. The number of nitrogens with one attached hydrogen (secondary N) is 1. The first kappa shape index (κ1) is 14.9. The van der Waals surface area contributed by atoms with Crippen LogP contribution in [0.15, 0.2) is 33.6 Å². The summed E-state index contributed by atoms with van der Waals surface area (Å²) in [7, 11) is 0. The molecule has 1 saturated carbocycles. The Bertz CT molecular complexity index is 471. The van der Waals surface area contributed by atoms with Gasteiger partial charge in [-0.25, -0.2) is 0 Å². The highest BCUT2D eigenvalue weighted by atomic mass is 79.9. The third-order valence-electron chi connectivity index (χ3n) is 3.50. The summed E-state index contributed by atoms with van der Waals surface area (Å²) in [6.07, 6.45) is 4.10. The highest BCUT2D eigenvalue weighted by Gasteiger charge is 2.39. The molecule has 0 bridgehead atoms. The van der Waals surface area contributed by atoms with Crippen molar-refractivity contribution in [2.75, 3.05) is 6.54 Å². The Balaban J connectivity index is 1.96. The van der Waals surface area contributed by atoms with Crippen LogP contribution in [-0.2, 0) is 0 Å². The fourth-order valence-corrected chi connectivity index (χ4v) is 4.39. The topological polar surface area (TPSA) is 35.8 Å². The van der Waals surface area contributed by atoms with Crippen molar-refractivity contribution in [2.45, 2.75) is 48.3 Å². The largest absolute Gasteiger partial charge is 0.299 e. The van der Waals surface area contributed by atoms with E-state index >= 15 is 0 Å². The van der Waals surface area contributed by atoms with Crippen LogP contribution in [-0.4, -0.2) is 17.3 Å². The van der Waals surface area contributed by atoms with Crippen molar-refractivity contribution >= 4 is 27.7 Å². The standard InChI is InChI=1S/C15H19BrN2S/c1-2-8-18-15(11-17)7-6-14(10-15)19-13-5-3-4-12(16)9-13/h3-5,9,14,18H,2,6-8,10H2,1H3. The fourth-order valence-electron chi connectivity index (χ4n) is 2.50. The van der Waals surface area contributed by atoms with E-state index in [4.69, 9.17) is 0 Å². The monoisotopic (exact) mass is 338 g/mol. The Kier molecular flexibility index (Phi) is 5.32. The Morgan fingerprint density at radius 3 is 3.11 bits per heavy atom. The van der Waals surface area contributed by atoms with Crippen molar-refractivity contribution in [2.24, 2.45) is 0 Å². The maximum Gasteiger partial charge on any atom is 0.107 e. The lowest BCUT2D eigenvalue weighted by Crippen LogP contribution is -2.42. The zero-order chi connectivity index (χ0) is 13.7. The number of thioether (sulfide) groups is 1. The second-order valence-corrected chi connectivity index (χ2v) is 7.35. The van der Waals surface area contributed by atoms with Gasteiger partial charge in [0, 0.05) is 14.6 Å². The average Bonchev–Trinajstić information content (AvgIpc) is 2.80. The van der Waals surface area contributed by atoms with E-state index in [-0.39, 0.29) is 5.54 Å². The maximum absolute atomic E-state index is 9.44. The first-order valence-electron chi connectivity index (χ1n) is 6.76. The molecule has 1 aromatic rings. The molecule has 4 heteroatoms. The molecule has 2 atom stereocenters. The molecule has 0 spiro atoms. The summed E-state index contributed by atoms with van der Waals surface area (Å²) in [5.74, 6) is 0. The molecule has 1 fully saturated rings. The maximum atomic E-state index is 9.44. The van der Waals surface area contributed by atoms with Gasteiger partial charge in [0.2, 0.25) is 0 Å². The molecular formula is C15H19BrN2S. The number of nitriles is 1. The van der Waals surface area contributed by atoms with Crippen LogP contribution in [0, 0.1) is 11.3 Å². The minimum absolute atomic E-state index is 0.292. The van der Waals surface area contributed by atoms with Gasteiger partial charge in [0.1, 0.15) is 5.54 Å². The van der Waals surface area contributed by atoms with E-state index in [0.29, 0.717) is 5.25 Å². The molecule has 0 saturated heterocycles. The minimum atomic E-state index is -0.292. The van der Waals surface area contributed by atoms with Crippen molar-refractivity contribution in [3.63, 3.8) is 0 Å². The van der Waals surface area contributed by atoms with Gasteiger partial charge in [-0.05, 0) is 50.4 Å². The number of nitrogens with zero attached hydrogens (tertiary/aromatic N) is 1. The van der Waals surface area contributed by atoms with Gasteiger partial charge in [-0.3, -0.25) is 5.32 Å². The van der Waals surface area contributed by atoms with Crippen LogP contribution in [0.1, 0.15) is 32.6 Å². The summed E-state index contributed by atoms with van der Waals surface area (Å²) in [6, 6.07) is 10.9. The van der Waals surface area contributed by atoms with Crippen LogP contribution in [0.4, 0.5) is 0 Å². The molecule has 0 radical (unpaired) electrons. The molecule has 0 aliphatic heterocycles. The van der Waals surface area contributed by atoms with Gasteiger partial charge < -0.3 is 0 Å². The lowest BCUT2D eigenvalue weighted by atomic mass is 10.00. The zero-order valence-electron chi connectivity index (χ0n) is 11.2. The predicted molar refractivity (Wildman–Crippen MR) is 84.3 cm³/mol. The first-order chi connectivity index (χ1) is 9.17. The lowest BCUT2D eigenvalue weighted by Gasteiger charge is -2.22. The number of hydrogen-bond donors (Lipinski definition) is 1. The summed E-state index contributed by atoms with van der Waals surface area (Å²) < 4.78 is 1.12. The summed E-state index contributed by atoms with van der Waals surface area (Å²) in [6.45, 7) is 3.07. The van der Waals surface area contributed by atoms with Gasteiger partial charge >= 0.3 is 0 Å². The molecule has 0 amide bonds. The summed E-state index contributed by atoms with van der Waals surface area (Å²) in [4.78, 5) is 1.28. The highest BCUT2D eigenvalue weighted by molar-refractivity contribution is 9.10. The van der Waals surface area contributed by atoms with E-state index in [2.05, 4.69) is 52.4 Å². The van der Waals surface area contributed by atoms with Gasteiger partial charge in [-0.2, -0.15) is 5.26 Å². The first-order valence-corrected chi connectivity index (χ1v) is 8.43. The third kappa shape index (κ3) is 3.98. The van der Waals surface area contributed by atoms with Crippen molar-refractivity contribution in [3.05, 3.63) is 28.7 Å².